The van der Waals surface area contributed by atoms with Crippen molar-refractivity contribution >= 4 is 7.60 Å². The molecule has 108 valence electrons. The number of rotatable bonds is 5. The van der Waals surface area contributed by atoms with E-state index >= 15 is 0 Å². The number of hydrogen-bond acceptors (Lipinski definition) is 5. The fourth-order valence-corrected chi connectivity index (χ4v) is 3.97. The molecular weight excluding hydrogens is 263 g/mol. The Morgan fingerprint density at radius 2 is 1.95 bits per heavy atom. The van der Waals surface area contributed by atoms with Gasteiger partial charge in [-0.1, -0.05) is 6.42 Å². The molecule has 1 aliphatic rings. The molecule has 1 fully saturated rings. The molecule has 0 saturated carbocycles. The molecule has 19 heavy (non-hydrogen) atoms. The van der Waals surface area contributed by atoms with Gasteiger partial charge in [0.2, 0.25) is 0 Å². The number of nitriles is 1. The van der Waals surface area contributed by atoms with Gasteiger partial charge in [-0.25, -0.2) is 0 Å². The number of likely N-dealkylation sites (tertiary alicyclic amines) is 1. The second-order valence-electron chi connectivity index (χ2n) is 4.47. The summed E-state index contributed by atoms with van der Waals surface area (Å²) in [6.45, 7) is 4.90. The zero-order chi connectivity index (χ0) is 14.3. The van der Waals surface area contributed by atoms with Crippen molar-refractivity contribution in [2.75, 3.05) is 26.8 Å². The van der Waals surface area contributed by atoms with Gasteiger partial charge in [0.15, 0.2) is 5.31 Å². The van der Waals surface area contributed by atoms with Crippen molar-refractivity contribution in [1.29, 1.82) is 5.26 Å². The van der Waals surface area contributed by atoms with Crippen molar-refractivity contribution in [2.24, 2.45) is 0 Å². The molecule has 0 aromatic heterocycles. The van der Waals surface area contributed by atoms with Gasteiger partial charge in [0.05, 0.1) is 13.2 Å². The van der Waals surface area contributed by atoms with Crippen LogP contribution in [0.5, 0.6) is 0 Å². The smallest absolute Gasteiger partial charge is 0.373 e. The Kier molecular flexibility index (Phi) is 6.57. The van der Waals surface area contributed by atoms with Crippen molar-refractivity contribution in [1.82, 2.24) is 4.90 Å². The predicted molar refractivity (Wildman–Crippen MR) is 74.6 cm³/mol. The Morgan fingerprint density at radius 1 is 1.32 bits per heavy atom. The van der Waals surface area contributed by atoms with Gasteiger partial charge in [0, 0.05) is 19.3 Å². The zero-order valence-electron chi connectivity index (χ0n) is 12.0. The van der Waals surface area contributed by atoms with E-state index in [0.717, 1.165) is 37.9 Å². The minimum atomic E-state index is -3.48. The van der Waals surface area contributed by atoms with Crippen LogP contribution in [0.3, 0.4) is 0 Å². The van der Waals surface area contributed by atoms with E-state index in [2.05, 4.69) is 6.07 Å². The molecule has 0 unspecified atom stereocenters. The van der Waals surface area contributed by atoms with Crippen molar-refractivity contribution in [3.63, 3.8) is 0 Å². The topological polar surface area (TPSA) is 62.6 Å². The number of hydrogen-bond donors (Lipinski definition) is 0. The SMILES string of the molecule is CCOP(=O)(OCC)/C(C#N)=C1/CCCCCN1C. The first-order valence-corrected chi connectivity index (χ1v) is 8.37. The monoisotopic (exact) mass is 286 g/mol. The Bertz CT molecular complexity index is 405. The van der Waals surface area contributed by atoms with Gasteiger partial charge >= 0.3 is 7.60 Å². The molecule has 0 bridgehead atoms. The van der Waals surface area contributed by atoms with Gasteiger partial charge in [-0.05, 0) is 33.1 Å². The summed E-state index contributed by atoms with van der Waals surface area (Å²) in [5, 5.41) is 9.59. The third-order valence-electron chi connectivity index (χ3n) is 3.12. The Morgan fingerprint density at radius 3 is 2.47 bits per heavy atom. The van der Waals surface area contributed by atoms with E-state index < -0.39 is 7.60 Å². The maximum absolute atomic E-state index is 12.7. The van der Waals surface area contributed by atoms with Crippen molar-refractivity contribution < 1.29 is 13.6 Å². The van der Waals surface area contributed by atoms with Crippen LogP contribution in [0.1, 0.15) is 39.5 Å². The second-order valence-corrected chi connectivity index (χ2v) is 6.43. The molecule has 0 spiro atoms. The lowest BCUT2D eigenvalue weighted by molar-refractivity contribution is 0.226. The first kappa shape index (κ1) is 16.2. The van der Waals surface area contributed by atoms with Crippen LogP contribution in [-0.4, -0.2) is 31.7 Å². The summed E-state index contributed by atoms with van der Waals surface area (Å²) in [5.74, 6) is 0. The standard InChI is InChI=1S/C13H23N2O3P/c1-4-17-19(16,18-5-2)13(11-14)12-9-7-6-8-10-15(12)3/h4-10H2,1-3H3/b13-12-. The van der Waals surface area contributed by atoms with Crippen LogP contribution < -0.4 is 0 Å². The molecule has 5 nitrogen and oxygen atoms in total. The molecule has 1 aliphatic heterocycles. The lowest BCUT2D eigenvalue weighted by atomic mass is 10.2. The molecule has 6 heteroatoms. The molecule has 0 aromatic rings. The van der Waals surface area contributed by atoms with Gasteiger partial charge in [-0.3, -0.25) is 4.57 Å². The van der Waals surface area contributed by atoms with Crippen LogP contribution in [0, 0.1) is 11.3 Å². The predicted octanol–water partition coefficient (Wildman–Crippen LogP) is 3.49. The summed E-state index contributed by atoms with van der Waals surface area (Å²) in [4.78, 5) is 2.01. The van der Waals surface area contributed by atoms with E-state index in [1.54, 1.807) is 13.8 Å². The average molecular weight is 286 g/mol. The van der Waals surface area contributed by atoms with Gasteiger partial charge in [-0.2, -0.15) is 5.26 Å². The highest BCUT2D eigenvalue weighted by Gasteiger charge is 2.34. The highest BCUT2D eigenvalue weighted by molar-refractivity contribution is 7.59. The molecule has 0 amide bonds. The van der Waals surface area contributed by atoms with Crippen molar-refractivity contribution in [3.8, 4) is 6.07 Å². The average Bonchev–Trinajstić information content (AvgIpc) is 2.56. The molecule has 0 atom stereocenters. The minimum Gasteiger partial charge on any atom is -0.377 e. The number of nitrogens with zero attached hydrogens (tertiary/aromatic N) is 2. The first-order valence-electron chi connectivity index (χ1n) is 6.83. The molecule has 0 aromatic carbocycles. The van der Waals surface area contributed by atoms with Gasteiger partial charge < -0.3 is 13.9 Å². The van der Waals surface area contributed by atoms with E-state index in [4.69, 9.17) is 9.05 Å². The van der Waals surface area contributed by atoms with E-state index in [-0.39, 0.29) is 18.5 Å². The Labute approximate surface area is 115 Å². The third kappa shape index (κ3) is 4.07. The highest BCUT2D eigenvalue weighted by atomic mass is 31.2. The van der Waals surface area contributed by atoms with Crippen LogP contribution in [0.2, 0.25) is 0 Å². The summed E-state index contributed by atoms with van der Waals surface area (Å²) in [6, 6.07) is 2.07. The summed E-state index contributed by atoms with van der Waals surface area (Å²) in [7, 11) is -1.55. The van der Waals surface area contributed by atoms with E-state index in [0.29, 0.717) is 0 Å². The van der Waals surface area contributed by atoms with Crippen LogP contribution in [0.4, 0.5) is 0 Å². The fraction of sp³-hybridized carbons (Fsp3) is 0.769. The van der Waals surface area contributed by atoms with E-state index in [1.807, 2.05) is 11.9 Å². The lowest BCUT2D eigenvalue weighted by Gasteiger charge is -2.24. The molecule has 1 saturated heterocycles. The summed E-state index contributed by atoms with van der Waals surface area (Å²) in [5.41, 5.74) is 0.810. The molecule has 0 aliphatic carbocycles. The lowest BCUT2D eigenvalue weighted by Crippen LogP contribution is -2.19. The maximum atomic E-state index is 12.7. The Hall–Kier alpha value is -0.820. The maximum Gasteiger partial charge on any atom is 0.373 e. The first-order chi connectivity index (χ1) is 9.09. The molecule has 0 N–H and O–H groups in total. The van der Waals surface area contributed by atoms with Gasteiger partial charge in [0.1, 0.15) is 6.07 Å². The largest absolute Gasteiger partial charge is 0.377 e. The summed E-state index contributed by atoms with van der Waals surface area (Å²) >= 11 is 0. The molecule has 1 rings (SSSR count). The van der Waals surface area contributed by atoms with Gasteiger partial charge in [-0.15, -0.1) is 0 Å². The van der Waals surface area contributed by atoms with Crippen LogP contribution in [0.15, 0.2) is 11.0 Å². The zero-order valence-corrected chi connectivity index (χ0v) is 12.9. The third-order valence-corrected chi connectivity index (χ3v) is 5.22. The minimum absolute atomic E-state index is 0.181. The quantitative estimate of drug-likeness (QED) is 0.572. The summed E-state index contributed by atoms with van der Waals surface area (Å²) < 4.78 is 23.3. The second kappa shape index (κ2) is 7.69. The van der Waals surface area contributed by atoms with Crippen LogP contribution in [0.25, 0.3) is 0 Å². The number of allylic oxidation sites excluding steroid dienone is 2. The van der Waals surface area contributed by atoms with Crippen LogP contribution >= 0.6 is 7.60 Å². The highest BCUT2D eigenvalue weighted by Crippen LogP contribution is 2.57. The molecular formula is C13H23N2O3P. The Balaban J connectivity index is 3.20. The van der Waals surface area contributed by atoms with E-state index in [9.17, 15) is 9.83 Å². The summed E-state index contributed by atoms with van der Waals surface area (Å²) in [6.07, 6.45) is 3.97. The van der Waals surface area contributed by atoms with Crippen LogP contribution in [-0.2, 0) is 13.6 Å². The molecule has 0 radical (unpaired) electrons. The van der Waals surface area contributed by atoms with E-state index in [1.165, 1.54) is 0 Å². The van der Waals surface area contributed by atoms with Crippen molar-refractivity contribution in [2.45, 2.75) is 39.5 Å². The van der Waals surface area contributed by atoms with Crippen molar-refractivity contribution in [3.05, 3.63) is 11.0 Å². The molecule has 1 heterocycles. The normalized spacial score (nSPS) is 19.8. The fourth-order valence-electron chi connectivity index (χ4n) is 2.23. The van der Waals surface area contributed by atoms with Gasteiger partial charge in [0.25, 0.3) is 0 Å².